The van der Waals surface area contributed by atoms with E-state index in [1.165, 1.54) is 41.3 Å². The van der Waals surface area contributed by atoms with E-state index in [0.717, 1.165) is 38.8 Å². The van der Waals surface area contributed by atoms with Gasteiger partial charge in [-0.15, -0.1) is 0 Å². The zero-order valence-corrected chi connectivity index (χ0v) is 20.8. The summed E-state index contributed by atoms with van der Waals surface area (Å²) in [4.78, 5) is 16.5. The van der Waals surface area contributed by atoms with Gasteiger partial charge in [-0.1, -0.05) is 23.2 Å². The van der Waals surface area contributed by atoms with E-state index < -0.39 is 21.9 Å². The maximum atomic E-state index is 13.2. The number of likely N-dealkylation sites (tertiary alicyclic amines) is 2. The van der Waals surface area contributed by atoms with Crippen molar-refractivity contribution in [3.63, 3.8) is 0 Å². The van der Waals surface area contributed by atoms with Crippen molar-refractivity contribution in [1.82, 2.24) is 14.5 Å². The topological polar surface area (TPSA) is 79.0 Å². The minimum Gasteiger partial charge on any atom is -0.489 e. The molecule has 11 heteroatoms. The summed E-state index contributed by atoms with van der Waals surface area (Å²) in [5, 5.41) is 0.688. The van der Waals surface area contributed by atoms with Crippen LogP contribution in [0.1, 0.15) is 25.7 Å². The zero-order valence-electron chi connectivity index (χ0n) is 18.4. The first-order valence-corrected chi connectivity index (χ1v) is 13.4. The number of benzene rings is 2. The number of nitrogens with zero attached hydrogens (tertiary/aromatic N) is 2. The van der Waals surface area contributed by atoms with Crippen LogP contribution in [0.2, 0.25) is 10.0 Å². The van der Waals surface area contributed by atoms with Crippen LogP contribution in [-0.4, -0.2) is 62.6 Å². The summed E-state index contributed by atoms with van der Waals surface area (Å²) in [6.07, 6.45) is 3.21. The highest BCUT2D eigenvalue weighted by Gasteiger charge is 2.31. The molecule has 0 radical (unpaired) electrons. The Bertz CT molecular complexity index is 1120. The van der Waals surface area contributed by atoms with E-state index >= 15 is 0 Å². The number of hydrogen-bond donors (Lipinski definition) is 1. The second-order valence-corrected chi connectivity index (χ2v) is 11.0. The maximum absolute atomic E-state index is 13.2. The zero-order chi connectivity index (χ0) is 24.3. The molecular formula is C23H26Cl2FN3O4S. The van der Waals surface area contributed by atoms with E-state index in [1.54, 1.807) is 6.07 Å². The first-order valence-electron chi connectivity index (χ1n) is 11.1. The summed E-state index contributed by atoms with van der Waals surface area (Å²) in [6, 6.07) is 9.51. The molecule has 2 amide bonds. The standard InChI is InChI=1S/C23H26Cl2FN3O4S/c24-16-1-4-20(5-2-16)34(31,32)27-23(30)29-11-7-18(8-12-29)28-13-9-19(10-14-28)33-22-6-3-17(26)15-21(22)25/h1-6,15,18-19H,7-14H2,(H,27,30). The number of nitrogens with one attached hydrogen (secondary N) is 1. The van der Waals surface area contributed by atoms with Gasteiger partial charge in [0.2, 0.25) is 0 Å². The number of sulfonamides is 1. The molecule has 34 heavy (non-hydrogen) atoms. The Kier molecular flexibility index (Phi) is 7.87. The lowest BCUT2D eigenvalue weighted by Crippen LogP contribution is -2.52. The lowest BCUT2D eigenvalue weighted by Gasteiger charge is -2.41. The smallest absolute Gasteiger partial charge is 0.331 e. The van der Waals surface area contributed by atoms with E-state index in [9.17, 15) is 17.6 Å². The highest BCUT2D eigenvalue weighted by atomic mass is 35.5. The molecule has 2 fully saturated rings. The van der Waals surface area contributed by atoms with Crippen LogP contribution in [0.5, 0.6) is 5.75 Å². The van der Waals surface area contributed by atoms with Crippen LogP contribution in [-0.2, 0) is 10.0 Å². The maximum Gasteiger partial charge on any atom is 0.331 e. The lowest BCUT2D eigenvalue weighted by molar-refractivity contribution is 0.0540. The molecular weight excluding hydrogens is 504 g/mol. The van der Waals surface area contributed by atoms with Gasteiger partial charge in [0.05, 0.1) is 9.92 Å². The summed E-state index contributed by atoms with van der Waals surface area (Å²) in [5.74, 6) is 0.101. The first-order chi connectivity index (χ1) is 16.2. The summed E-state index contributed by atoms with van der Waals surface area (Å²) in [5.41, 5.74) is 0. The first kappa shape index (κ1) is 25.0. The SMILES string of the molecule is O=C(NS(=O)(=O)c1ccc(Cl)cc1)N1CCC(N2CCC(Oc3ccc(F)cc3Cl)CC2)CC1. The number of rotatable bonds is 5. The lowest BCUT2D eigenvalue weighted by atomic mass is 9.99. The van der Waals surface area contributed by atoms with Gasteiger partial charge in [-0.05, 0) is 68.1 Å². The van der Waals surface area contributed by atoms with Gasteiger partial charge in [-0.25, -0.2) is 22.3 Å². The van der Waals surface area contributed by atoms with E-state index in [0.29, 0.717) is 29.9 Å². The van der Waals surface area contributed by atoms with Crippen LogP contribution in [0.25, 0.3) is 0 Å². The Morgan fingerprint density at radius 2 is 1.62 bits per heavy atom. The van der Waals surface area contributed by atoms with Crippen LogP contribution in [0.4, 0.5) is 9.18 Å². The van der Waals surface area contributed by atoms with Crippen LogP contribution < -0.4 is 9.46 Å². The third-order valence-electron chi connectivity index (χ3n) is 6.28. The number of ether oxygens (including phenoxy) is 1. The Morgan fingerprint density at radius 3 is 2.24 bits per heavy atom. The molecule has 184 valence electrons. The van der Waals surface area contributed by atoms with Crippen molar-refractivity contribution >= 4 is 39.3 Å². The van der Waals surface area contributed by atoms with Gasteiger partial charge >= 0.3 is 6.03 Å². The van der Waals surface area contributed by atoms with Crippen molar-refractivity contribution in [3.8, 4) is 5.75 Å². The van der Waals surface area contributed by atoms with Crippen LogP contribution in [0, 0.1) is 5.82 Å². The number of urea groups is 1. The minimum absolute atomic E-state index is 0.00727. The summed E-state index contributed by atoms with van der Waals surface area (Å²) >= 11 is 11.9. The van der Waals surface area contributed by atoms with Gasteiger partial charge in [0.15, 0.2) is 0 Å². The number of carbonyl (C=O) groups is 1. The number of amides is 2. The van der Waals surface area contributed by atoms with Gasteiger partial charge < -0.3 is 9.64 Å². The number of piperidine rings is 2. The van der Waals surface area contributed by atoms with Gasteiger partial charge in [-0.2, -0.15) is 0 Å². The molecule has 0 unspecified atom stereocenters. The monoisotopic (exact) mass is 529 g/mol. The number of halogens is 3. The largest absolute Gasteiger partial charge is 0.489 e. The fraction of sp³-hybridized carbons (Fsp3) is 0.435. The molecule has 4 rings (SSSR count). The number of hydrogen-bond acceptors (Lipinski definition) is 5. The van der Waals surface area contributed by atoms with Gasteiger partial charge in [0, 0.05) is 37.2 Å². The molecule has 2 aliphatic rings. The van der Waals surface area contributed by atoms with Crippen molar-refractivity contribution in [1.29, 1.82) is 0 Å². The predicted octanol–water partition coefficient (Wildman–Crippen LogP) is 4.54. The van der Waals surface area contributed by atoms with Gasteiger partial charge in [-0.3, -0.25) is 4.90 Å². The fourth-order valence-electron chi connectivity index (χ4n) is 4.40. The molecule has 0 atom stereocenters. The molecule has 0 aliphatic carbocycles. The summed E-state index contributed by atoms with van der Waals surface area (Å²) in [6.45, 7) is 2.67. The van der Waals surface area contributed by atoms with E-state index in [1.807, 2.05) is 0 Å². The average Bonchev–Trinajstić information content (AvgIpc) is 2.81. The van der Waals surface area contributed by atoms with Crippen molar-refractivity contribution in [2.75, 3.05) is 26.2 Å². The Labute approximate surface area is 208 Å². The van der Waals surface area contributed by atoms with Gasteiger partial charge in [0.25, 0.3) is 10.0 Å². The average molecular weight is 530 g/mol. The highest BCUT2D eigenvalue weighted by molar-refractivity contribution is 7.90. The highest BCUT2D eigenvalue weighted by Crippen LogP contribution is 2.29. The van der Waals surface area contributed by atoms with Gasteiger partial charge in [0.1, 0.15) is 17.7 Å². The van der Waals surface area contributed by atoms with E-state index in [2.05, 4.69) is 9.62 Å². The Balaban J connectivity index is 1.23. The second-order valence-electron chi connectivity index (χ2n) is 8.51. The van der Waals surface area contributed by atoms with Crippen LogP contribution in [0.15, 0.2) is 47.4 Å². The molecule has 0 bridgehead atoms. The third kappa shape index (κ3) is 6.13. The van der Waals surface area contributed by atoms with E-state index in [-0.39, 0.29) is 16.0 Å². The van der Waals surface area contributed by atoms with Crippen molar-refractivity contribution in [3.05, 3.63) is 58.3 Å². The van der Waals surface area contributed by atoms with Crippen molar-refractivity contribution < 1.29 is 22.3 Å². The Morgan fingerprint density at radius 1 is 0.971 bits per heavy atom. The molecule has 2 saturated heterocycles. The summed E-state index contributed by atoms with van der Waals surface area (Å²) < 4.78 is 46.3. The van der Waals surface area contributed by atoms with E-state index in [4.69, 9.17) is 27.9 Å². The van der Waals surface area contributed by atoms with Crippen molar-refractivity contribution in [2.24, 2.45) is 0 Å². The van der Waals surface area contributed by atoms with Crippen molar-refractivity contribution in [2.45, 2.75) is 42.7 Å². The molecule has 0 saturated carbocycles. The Hall–Kier alpha value is -2.07. The normalized spacial score (nSPS) is 18.6. The second kappa shape index (κ2) is 10.7. The molecule has 2 aromatic rings. The molecule has 2 heterocycles. The minimum atomic E-state index is -3.95. The predicted molar refractivity (Wildman–Crippen MR) is 128 cm³/mol. The molecule has 7 nitrogen and oxygen atoms in total. The quantitative estimate of drug-likeness (QED) is 0.615. The summed E-state index contributed by atoms with van der Waals surface area (Å²) in [7, 11) is -3.95. The molecule has 1 N–H and O–H groups in total. The third-order valence-corrected chi connectivity index (χ3v) is 8.16. The molecule has 0 spiro atoms. The van der Waals surface area contributed by atoms with Crippen LogP contribution in [0.3, 0.4) is 0 Å². The molecule has 2 aromatic carbocycles. The molecule has 2 aliphatic heterocycles. The van der Waals surface area contributed by atoms with Crippen LogP contribution >= 0.6 is 23.2 Å². The number of carbonyl (C=O) groups excluding carboxylic acids is 1. The molecule has 0 aromatic heterocycles. The fourth-order valence-corrected chi connectivity index (χ4v) is 5.70.